The summed E-state index contributed by atoms with van der Waals surface area (Å²) in [5.74, 6) is -0.693. The molecular weight excluding hydrogens is 319 g/mol. The first-order valence-corrected chi connectivity index (χ1v) is 9.23. The lowest BCUT2D eigenvalue weighted by atomic mass is 10.2. The highest BCUT2D eigenvalue weighted by Crippen LogP contribution is 2.47. The first-order valence-electron chi connectivity index (χ1n) is 7.50. The van der Waals surface area contributed by atoms with Gasteiger partial charge in [0.25, 0.3) is 5.91 Å². The molecule has 0 saturated carbocycles. The van der Waals surface area contributed by atoms with Gasteiger partial charge in [-0.25, -0.2) is 5.43 Å². The summed E-state index contributed by atoms with van der Waals surface area (Å²) in [6, 6.07) is 6.12. The van der Waals surface area contributed by atoms with Crippen LogP contribution in [0.25, 0.3) is 0 Å². The second kappa shape index (κ2) is 10.2. The van der Waals surface area contributed by atoms with Gasteiger partial charge in [0, 0.05) is 6.21 Å². The molecular formula is C15H23N2O5P. The zero-order valence-corrected chi connectivity index (χ0v) is 14.3. The fourth-order valence-electron chi connectivity index (χ4n) is 1.57. The van der Waals surface area contributed by atoms with Gasteiger partial charge in [-0.1, -0.05) is 26.0 Å². The van der Waals surface area contributed by atoms with Crippen LogP contribution in [-0.2, 0) is 13.6 Å². The van der Waals surface area contributed by atoms with Crippen LogP contribution in [0.15, 0.2) is 29.4 Å². The number of hydrogen-bond donors (Lipinski definition) is 2. The minimum atomic E-state index is -3.24. The van der Waals surface area contributed by atoms with Crippen LogP contribution in [0.2, 0.25) is 0 Å². The van der Waals surface area contributed by atoms with Crippen LogP contribution in [-0.4, -0.2) is 36.6 Å². The molecule has 0 heterocycles. The highest BCUT2D eigenvalue weighted by atomic mass is 31.2. The molecule has 0 aliphatic rings. The number of nitrogens with one attached hydrogen (secondary N) is 1. The summed E-state index contributed by atoms with van der Waals surface area (Å²) >= 11 is 0. The number of phenols is 1. The van der Waals surface area contributed by atoms with Crippen molar-refractivity contribution in [2.75, 3.05) is 19.4 Å². The third-order valence-electron chi connectivity index (χ3n) is 2.70. The Hall–Kier alpha value is -1.69. The van der Waals surface area contributed by atoms with Gasteiger partial charge < -0.3 is 14.2 Å². The Morgan fingerprint density at radius 3 is 2.43 bits per heavy atom. The highest BCUT2D eigenvalue weighted by molar-refractivity contribution is 7.54. The lowest BCUT2D eigenvalue weighted by Crippen LogP contribution is -2.18. The van der Waals surface area contributed by atoms with E-state index in [4.69, 9.17) is 9.05 Å². The standard InChI is InChI=1S/C15H23N2O5P/c1-3-10-21-23(20,22-11-4-2)12-9-16-17-15(19)13-7-5-6-8-14(13)18/h5-9,18H,3-4,10-12H2,1-2H3,(H,17,19). The summed E-state index contributed by atoms with van der Waals surface area (Å²) in [6.45, 7) is 4.48. The monoisotopic (exact) mass is 342 g/mol. The molecule has 0 unspecified atom stereocenters. The quantitative estimate of drug-likeness (QED) is 0.387. The van der Waals surface area contributed by atoms with Crippen LogP contribution < -0.4 is 5.43 Å². The van der Waals surface area contributed by atoms with Gasteiger partial charge in [0.2, 0.25) is 0 Å². The van der Waals surface area contributed by atoms with Gasteiger partial charge in [0.1, 0.15) is 5.75 Å². The van der Waals surface area contributed by atoms with Gasteiger partial charge in [0.15, 0.2) is 0 Å². The highest BCUT2D eigenvalue weighted by Gasteiger charge is 2.22. The van der Waals surface area contributed by atoms with E-state index in [-0.39, 0.29) is 17.5 Å². The average Bonchev–Trinajstić information content (AvgIpc) is 2.55. The van der Waals surface area contributed by atoms with Gasteiger partial charge in [-0.05, 0) is 25.0 Å². The molecule has 23 heavy (non-hydrogen) atoms. The minimum Gasteiger partial charge on any atom is -0.507 e. The van der Waals surface area contributed by atoms with Crippen LogP contribution in [0.3, 0.4) is 0 Å². The number of hydrazone groups is 1. The Balaban J connectivity index is 2.56. The van der Waals surface area contributed by atoms with Crippen molar-refractivity contribution < 1.29 is 23.5 Å². The number of para-hydroxylation sites is 1. The predicted octanol–water partition coefficient (Wildman–Crippen LogP) is 3.15. The Kier molecular flexibility index (Phi) is 8.55. The Morgan fingerprint density at radius 1 is 1.26 bits per heavy atom. The van der Waals surface area contributed by atoms with Crippen molar-refractivity contribution >= 4 is 19.7 Å². The molecule has 0 atom stereocenters. The van der Waals surface area contributed by atoms with Crippen molar-refractivity contribution in [3.8, 4) is 5.75 Å². The summed E-state index contributed by atoms with van der Waals surface area (Å²) in [5, 5.41) is 13.3. The number of carbonyl (C=O) groups excluding carboxylic acids is 1. The molecule has 0 aliphatic carbocycles. The number of carbonyl (C=O) groups is 1. The van der Waals surface area contributed by atoms with E-state index in [0.29, 0.717) is 13.2 Å². The molecule has 8 heteroatoms. The molecule has 0 fully saturated rings. The molecule has 0 bridgehead atoms. The SMILES string of the molecule is CCCOP(=O)(CC=NNC(=O)c1ccccc1O)OCCC. The number of benzene rings is 1. The number of aromatic hydroxyl groups is 1. The predicted molar refractivity (Wildman–Crippen MR) is 89.0 cm³/mol. The Bertz CT molecular complexity index is 565. The van der Waals surface area contributed by atoms with Crippen molar-refractivity contribution in [3.63, 3.8) is 0 Å². The molecule has 1 aromatic rings. The normalized spacial score (nSPS) is 11.7. The smallest absolute Gasteiger partial charge is 0.336 e. The molecule has 7 nitrogen and oxygen atoms in total. The van der Waals surface area contributed by atoms with Gasteiger partial charge in [-0.2, -0.15) is 5.10 Å². The van der Waals surface area contributed by atoms with E-state index < -0.39 is 13.5 Å². The van der Waals surface area contributed by atoms with Crippen LogP contribution >= 0.6 is 7.60 Å². The zero-order valence-electron chi connectivity index (χ0n) is 13.4. The van der Waals surface area contributed by atoms with E-state index in [2.05, 4.69) is 10.5 Å². The van der Waals surface area contributed by atoms with E-state index in [0.717, 1.165) is 12.8 Å². The van der Waals surface area contributed by atoms with Gasteiger partial charge in [0.05, 0.1) is 24.9 Å². The van der Waals surface area contributed by atoms with E-state index in [1.165, 1.54) is 18.3 Å². The number of phenolic OH excluding ortho intramolecular Hbond substituents is 1. The minimum absolute atomic E-state index is 0.0337. The third-order valence-corrected chi connectivity index (χ3v) is 4.46. The molecule has 0 saturated heterocycles. The van der Waals surface area contributed by atoms with Crippen molar-refractivity contribution in [1.82, 2.24) is 5.43 Å². The largest absolute Gasteiger partial charge is 0.507 e. The first kappa shape index (κ1) is 19.4. The fourth-order valence-corrected chi connectivity index (χ4v) is 3.06. The van der Waals surface area contributed by atoms with Crippen molar-refractivity contribution in [3.05, 3.63) is 29.8 Å². The molecule has 0 aromatic heterocycles. The van der Waals surface area contributed by atoms with E-state index in [1.807, 2.05) is 13.8 Å². The topological polar surface area (TPSA) is 97.2 Å². The Morgan fingerprint density at radius 2 is 1.87 bits per heavy atom. The van der Waals surface area contributed by atoms with Crippen molar-refractivity contribution in [2.45, 2.75) is 26.7 Å². The maximum absolute atomic E-state index is 12.4. The van der Waals surface area contributed by atoms with Crippen molar-refractivity contribution in [1.29, 1.82) is 0 Å². The molecule has 1 rings (SSSR count). The lowest BCUT2D eigenvalue weighted by molar-refractivity contribution is 0.0952. The molecule has 2 N–H and O–H groups in total. The van der Waals surface area contributed by atoms with E-state index in [9.17, 15) is 14.5 Å². The third kappa shape index (κ3) is 6.95. The maximum atomic E-state index is 12.4. The molecule has 128 valence electrons. The van der Waals surface area contributed by atoms with Crippen LogP contribution in [0.5, 0.6) is 5.75 Å². The average molecular weight is 342 g/mol. The maximum Gasteiger partial charge on any atom is 0.336 e. The second-order valence-corrected chi connectivity index (χ2v) is 6.83. The number of rotatable bonds is 10. The fraction of sp³-hybridized carbons (Fsp3) is 0.467. The summed E-state index contributed by atoms with van der Waals surface area (Å²) < 4.78 is 23.0. The second-order valence-electron chi connectivity index (χ2n) is 4.73. The molecule has 0 spiro atoms. The lowest BCUT2D eigenvalue weighted by Gasteiger charge is -2.16. The summed E-state index contributed by atoms with van der Waals surface area (Å²) in [4.78, 5) is 11.8. The summed E-state index contributed by atoms with van der Waals surface area (Å²) in [6.07, 6.45) is 2.69. The molecule has 1 amide bonds. The number of nitrogens with zero attached hydrogens (tertiary/aromatic N) is 1. The summed E-state index contributed by atoms with van der Waals surface area (Å²) in [5.41, 5.74) is 2.37. The van der Waals surface area contributed by atoms with Crippen LogP contribution in [0.1, 0.15) is 37.0 Å². The van der Waals surface area contributed by atoms with E-state index in [1.54, 1.807) is 12.1 Å². The van der Waals surface area contributed by atoms with Gasteiger partial charge in [-0.3, -0.25) is 9.36 Å². The first-order chi connectivity index (χ1) is 11.0. The zero-order chi connectivity index (χ0) is 17.1. The van der Waals surface area contributed by atoms with E-state index >= 15 is 0 Å². The molecule has 0 aliphatic heterocycles. The molecule has 0 radical (unpaired) electrons. The number of hydrogen-bond acceptors (Lipinski definition) is 6. The van der Waals surface area contributed by atoms with Crippen LogP contribution in [0, 0.1) is 0 Å². The van der Waals surface area contributed by atoms with Crippen LogP contribution in [0.4, 0.5) is 0 Å². The number of amides is 1. The van der Waals surface area contributed by atoms with Crippen molar-refractivity contribution in [2.24, 2.45) is 5.10 Å². The van der Waals surface area contributed by atoms with Gasteiger partial charge >= 0.3 is 7.60 Å². The van der Waals surface area contributed by atoms with Gasteiger partial charge in [-0.15, -0.1) is 0 Å². The Labute approximate surface area is 136 Å². The molecule has 1 aromatic carbocycles. The summed E-state index contributed by atoms with van der Waals surface area (Å²) in [7, 11) is -3.24.